The van der Waals surface area contributed by atoms with Crippen LogP contribution < -0.4 is 0 Å². The first-order valence-corrected chi connectivity index (χ1v) is 6.78. The van der Waals surface area contributed by atoms with E-state index < -0.39 is 0 Å². The van der Waals surface area contributed by atoms with Gasteiger partial charge in [-0.05, 0) is 25.8 Å². The molecule has 0 radical (unpaired) electrons. The number of likely N-dealkylation sites (N-methyl/N-ethyl adjacent to an activating group) is 1. The lowest BCUT2D eigenvalue weighted by Crippen LogP contribution is -2.41. The molecule has 1 unspecified atom stereocenters. The molecule has 1 aliphatic heterocycles. The molecule has 4 heteroatoms. The number of nitrogens with zero attached hydrogens (tertiary/aromatic N) is 2. The smallest absolute Gasteiger partial charge is 0.219 e. The predicted octanol–water partition coefficient (Wildman–Crippen LogP) is 1.52. The SMILES string of the molecule is CCOCCN1CCC=C(C(C)N(C)C(C)=O)C1. The summed E-state index contributed by atoms with van der Waals surface area (Å²) in [5.74, 6) is 0.120. The highest BCUT2D eigenvalue weighted by atomic mass is 16.5. The fraction of sp³-hybridized carbons (Fsp3) is 0.786. The van der Waals surface area contributed by atoms with E-state index in [9.17, 15) is 4.79 Å². The van der Waals surface area contributed by atoms with E-state index >= 15 is 0 Å². The quantitative estimate of drug-likeness (QED) is 0.532. The van der Waals surface area contributed by atoms with Crippen molar-refractivity contribution >= 4 is 5.91 Å². The molecule has 0 aromatic rings. The highest BCUT2D eigenvalue weighted by Crippen LogP contribution is 2.16. The van der Waals surface area contributed by atoms with E-state index in [1.54, 1.807) is 11.8 Å². The van der Waals surface area contributed by atoms with Crippen LogP contribution in [0.1, 0.15) is 27.2 Å². The number of hydrogen-bond acceptors (Lipinski definition) is 3. The van der Waals surface area contributed by atoms with Crippen molar-refractivity contribution in [1.29, 1.82) is 0 Å². The van der Waals surface area contributed by atoms with Gasteiger partial charge in [0.25, 0.3) is 0 Å². The van der Waals surface area contributed by atoms with Gasteiger partial charge in [0.05, 0.1) is 12.6 Å². The minimum Gasteiger partial charge on any atom is -0.380 e. The summed E-state index contributed by atoms with van der Waals surface area (Å²) in [6.07, 6.45) is 3.35. The molecule has 0 fully saturated rings. The molecule has 0 saturated heterocycles. The van der Waals surface area contributed by atoms with Gasteiger partial charge < -0.3 is 9.64 Å². The lowest BCUT2D eigenvalue weighted by Gasteiger charge is -2.33. The van der Waals surface area contributed by atoms with Crippen LogP contribution in [0.2, 0.25) is 0 Å². The Kier molecular flexibility index (Phi) is 6.36. The minimum atomic E-state index is 0.120. The van der Waals surface area contributed by atoms with E-state index in [1.165, 1.54) is 5.57 Å². The van der Waals surface area contributed by atoms with Gasteiger partial charge in [-0.2, -0.15) is 0 Å². The summed E-state index contributed by atoms with van der Waals surface area (Å²) in [6, 6.07) is 0.192. The molecule has 4 nitrogen and oxygen atoms in total. The zero-order valence-electron chi connectivity index (χ0n) is 12.1. The van der Waals surface area contributed by atoms with Gasteiger partial charge in [0.1, 0.15) is 0 Å². The standard InChI is InChI=1S/C14H26N2O2/c1-5-18-10-9-16-8-6-7-14(11-16)12(2)15(4)13(3)17/h7,12H,5-6,8-11H2,1-4H3. The molecule has 1 rings (SSSR count). The van der Waals surface area contributed by atoms with Crippen LogP contribution in [0.4, 0.5) is 0 Å². The van der Waals surface area contributed by atoms with Crippen LogP contribution in [0.25, 0.3) is 0 Å². The van der Waals surface area contributed by atoms with Crippen LogP contribution in [0.5, 0.6) is 0 Å². The topological polar surface area (TPSA) is 32.8 Å². The molecule has 0 aromatic heterocycles. The maximum atomic E-state index is 11.4. The van der Waals surface area contributed by atoms with Gasteiger partial charge >= 0.3 is 0 Å². The monoisotopic (exact) mass is 254 g/mol. The van der Waals surface area contributed by atoms with Crippen molar-refractivity contribution in [3.05, 3.63) is 11.6 Å². The second-order valence-corrected chi connectivity index (χ2v) is 4.85. The summed E-state index contributed by atoms with van der Waals surface area (Å²) in [4.78, 5) is 15.6. The van der Waals surface area contributed by atoms with E-state index in [-0.39, 0.29) is 11.9 Å². The van der Waals surface area contributed by atoms with Crippen molar-refractivity contribution in [3.8, 4) is 0 Å². The molecule has 0 N–H and O–H groups in total. The summed E-state index contributed by atoms with van der Waals surface area (Å²) >= 11 is 0. The molecule has 104 valence electrons. The number of rotatable bonds is 6. The fourth-order valence-corrected chi connectivity index (χ4v) is 2.19. The van der Waals surface area contributed by atoms with Crippen molar-refractivity contribution in [2.45, 2.75) is 33.2 Å². The zero-order valence-corrected chi connectivity index (χ0v) is 12.1. The first kappa shape index (κ1) is 15.2. The van der Waals surface area contributed by atoms with Gasteiger partial charge in [0.15, 0.2) is 0 Å². The lowest BCUT2D eigenvalue weighted by atomic mass is 10.0. The van der Waals surface area contributed by atoms with Crippen LogP contribution in [0.15, 0.2) is 11.6 Å². The van der Waals surface area contributed by atoms with Crippen LogP contribution in [-0.2, 0) is 9.53 Å². The molecule has 1 heterocycles. The number of amides is 1. The highest BCUT2D eigenvalue weighted by Gasteiger charge is 2.21. The van der Waals surface area contributed by atoms with E-state index in [4.69, 9.17) is 4.74 Å². The molecule has 18 heavy (non-hydrogen) atoms. The summed E-state index contributed by atoms with van der Waals surface area (Å²) in [7, 11) is 1.87. The zero-order chi connectivity index (χ0) is 13.5. The molecular formula is C14H26N2O2. The van der Waals surface area contributed by atoms with Crippen molar-refractivity contribution in [1.82, 2.24) is 9.80 Å². The van der Waals surface area contributed by atoms with E-state index in [1.807, 2.05) is 14.0 Å². The fourth-order valence-electron chi connectivity index (χ4n) is 2.19. The van der Waals surface area contributed by atoms with Gasteiger partial charge in [-0.15, -0.1) is 0 Å². The third-order valence-corrected chi connectivity index (χ3v) is 3.63. The van der Waals surface area contributed by atoms with Gasteiger partial charge in [0.2, 0.25) is 5.91 Å². The average molecular weight is 254 g/mol. The maximum Gasteiger partial charge on any atom is 0.219 e. The van der Waals surface area contributed by atoms with Gasteiger partial charge in [-0.25, -0.2) is 0 Å². The second-order valence-electron chi connectivity index (χ2n) is 4.85. The molecule has 0 spiro atoms. The minimum absolute atomic E-state index is 0.120. The average Bonchev–Trinajstić information content (AvgIpc) is 2.37. The Morgan fingerprint density at radius 3 is 2.94 bits per heavy atom. The molecule has 1 amide bonds. The molecular weight excluding hydrogens is 228 g/mol. The molecule has 0 saturated carbocycles. The van der Waals surface area contributed by atoms with Gasteiger partial charge in [0, 0.05) is 40.2 Å². The normalized spacial score (nSPS) is 18.3. The van der Waals surface area contributed by atoms with Crippen LogP contribution in [0.3, 0.4) is 0 Å². The van der Waals surface area contributed by atoms with E-state index in [2.05, 4.69) is 17.9 Å². The lowest BCUT2D eigenvalue weighted by molar-refractivity contribution is -0.128. The number of carbonyl (C=O) groups is 1. The van der Waals surface area contributed by atoms with E-state index in [0.717, 1.165) is 39.3 Å². The Morgan fingerprint density at radius 1 is 1.61 bits per heavy atom. The molecule has 1 aliphatic rings. The molecule has 1 atom stereocenters. The van der Waals surface area contributed by atoms with Crippen LogP contribution >= 0.6 is 0 Å². The number of carbonyl (C=O) groups excluding carboxylic acids is 1. The Labute approximate surface area is 111 Å². The third-order valence-electron chi connectivity index (χ3n) is 3.63. The summed E-state index contributed by atoms with van der Waals surface area (Å²) in [5, 5.41) is 0. The Hall–Kier alpha value is -0.870. The van der Waals surface area contributed by atoms with Crippen molar-refractivity contribution in [2.75, 3.05) is 39.9 Å². The number of hydrogen-bond donors (Lipinski definition) is 0. The molecule has 0 aromatic carbocycles. The summed E-state index contributed by atoms with van der Waals surface area (Å²) in [5.41, 5.74) is 1.34. The number of ether oxygens (including phenoxy) is 1. The maximum absolute atomic E-state index is 11.4. The van der Waals surface area contributed by atoms with Crippen molar-refractivity contribution in [3.63, 3.8) is 0 Å². The third kappa shape index (κ3) is 4.42. The summed E-state index contributed by atoms with van der Waals surface area (Å²) < 4.78 is 5.39. The van der Waals surface area contributed by atoms with Gasteiger partial charge in [-0.3, -0.25) is 9.69 Å². The first-order valence-electron chi connectivity index (χ1n) is 6.78. The van der Waals surface area contributed by atoms with Gasteiger partial charge in [-0.1, -0.05) is 6.08 Å². The van der Waals surface area contributed by atoms with Crippen LogP contribution in [0, 0.1) is 0 Å². The van der Waals surface area contributed by atoms with E-state index in [0.29, 0.717) is 0 Å². The predicted molar refractivity (Wildman–Crippen MR) is 73.5 cm³/mol. The van der Waals surface area contributed by atoms with Crippen molar-refractivity contribution < 1.29 is 9.53 Å². The summed E-state index contributed by atoms with van der Waals surface area (Å²) in [6.45, 7) is 10.3. The Bertz CT molecular complexity index is 302. The van der Waals surface area contributed by atoms with Crippen molar-refractivity contribution in [2.24, 2.45) is 0 Å². The Balaban J connectivity index is 2.47. The largest absolute Gasteiger partial charge is 0.380 e. The highest BCUT2D eigenvalue weighted by molar-refractivity contribution is 5.73. The first-order chi connectivity index (χ1) is 8.56. The molecule has 0 bridgehead atoms. The molecule has 0 aliphatic carbocycles. The second kappa shape index (κ2) is 7.54. The van der Waals surface area contributed by atoms with Crippen LogP contribution in [-0.4, -0.2) is 61.6 Å². The Morgan fingerprint density at radius 2 is 2.33 bits per heavy atom.